The summed E-state index contributed by atoms with van der Waals surface area (Å²) in [6.45, 7) is 1.26. The third kappa shape index (κ3) is 6.21. The molecule has 0 bridgehead atoms. The summed E-state index contributed by atoms with van der Waals surface area (Å²) in [5.41, 5.74) is 2.72. The van der Waals surface area contributed by atoms with E-state index in [2.05, 4.69) is 16.1 Å². The molecule has 6 nitrogen and oxygen atoms in total. The summed E-state index contributed by atoms with van der Waals surface area (Å²) < 4.78 is 40.3. The quantitative estimate of drug-likeness (QED) is 0.779. The van der Waals surface area contributed by atoms with Crippen molar-refractivity contribution in [3.63, 3.8) is 0 Å². The average Bonchev–Trinajstić information content (AvgIpc) is 2.67. The van der Waals surface area contributed by atoms with Crippen molar-refractivity contribution in [2.75, 3.05) is 32.0 Å². The normalized spacial score (nSPS) is 13.7. The van der Waals surface area contributed by atoms with Crippen molar-refractivity contribution in [3.05, 3.63) is 59.7 Å². The Kier molecular flexibility index (Phi) is 6.61. The number of amides is 2. The van der Waals surface area contributed by atoms with Crippen LogP contribution in [0.25, 0.3) is 0 Å². The van der Waals surface area contributed by atoms with Crippen LogP contribution in [0.1, 0.15) is 11.1 Å². The lowest BCUT2D eigenvalue weighted by molar-refractivity contribution is -0.274. The number of hydrogen-bond acceptors (Lipinski definition) is 4. The molecular formula is C21H22F3N3O3. The molecular weight excluding hydrogens is 399 g/mol. The molecule has 2 amide bonds. The summed E-state index contributed by atoms with van der Waals surface area (Å²) in [6, 6.07) is 12.9. The van der Waals surface area contributed by atoms with Crippen molar-refractivity contribution in [1.29, 1.82) is 0 Å². The fraction of sp³-hybridized carbons (Fsp3) is 0.333. The molecule has 0 aromatic heterocycles. The summed E-state index contributed by atoms with van der Waals surface area (Å²) >= 11 is 0. The molecule has 0 fully saturated rings. The van der Waals surface area contributed by atoms with Crippen LogP contribution in [0.3, 0.4) is 0 Å². The minimum absolute atomic E-state index is 0.0308. The number of nitrogens with zero attached hydrogens (tertiary/aromatic N) is 2. The van der Waals surface area contributed by atoms with Crippen LogP contribution < -0.4 is 10.1 Å². The summed E-state index contributed by atoms with van der Waals surface area (Å²) in [5, 5.41) is 2.59. The Hall–Kier alpha value is -3.07. The second kappa shape index (κ2) is 9.17. The highest BCUT2D eigenvalue weighted by Crippen LogP contribution is 2.24. The van der Waals surface area contributed by atoms with Gasteiger partial charge in [0.25, 0.3) is 0 Å². The number of carbonyl (C=O) groups excluding carboxylic acids is 2. The van der Waals surface area contributed by atoms with Crippen LogP contribution in [0.15, 0.2) is 48.5 Å². The number of halogens is 3. The lowest BCUT2D eigenvalue weighted by Gasteiger charge is -2.30. The van der Waals surface area contributed by atoms with Crippen LogP contribution in [-0.4, -0.2) is 54.7 Å². The molecule has 1 aliphatic rings. The zero-order valence-electron chi connectivity index (χ0n) is 16.4. The number of nitrogens with one attached hydrogen (secondary N) is 1. The monoisotopic (exact) mass is 421 g/mol. The van der Waals surface area contributed by atoms with Gasteiger partial charge >= 0.3 is 6.36 Å². The van der Waals surface area contributed by atoms with Crippen molar-refractivity contribution in [2.24, 2.45) is 0 Å². The first-order valence-electron chi connectivity index (χ1n) is 9.38. The van der Waals surface area contributed by atoms with Crippen LogP contribution in [0, 0.1) is 0 Å². The third-order valence-electron chi connectivity index (χ3n) is 4.67. The van der Waals surface area contributed by atoms with Gasteiger partial charge < -0.3 is 15.0 Å². The lowest BCUT2D eigenvalue weighted by Crippen LogP contribution is -2.43. The van der Waals surface area contributed by atoms with E-state index in [1.165, 1.54) is 17.7 Å². The van der Waals surface area contributed by atoms with Crippen molar-refractivity contribution in [2.45, 2.75) is 19.3 Å². The minimum Gasteiger partial charge on any atom is -0.406 e. The summed E-state index contributed by atoms with van der Waals surface area (Å²) in [6.07, 6.45) is -3.96. The number of likely N-dealkylation sites (N-methyl/N-ethyl adjacent to an activating group) is 1. The fourth-order valence-corrected chi connectivity index (χ4v) is 3.28. The van der Waals surface area contributed by atoms with Crippen LogP contribution in [0.5, 0.6) is 5.75 Å². The van der Waals surface area contributed by atoms with E-state index in [4.69, 9.17) is 0 Å². The lowest BCUT2D eigenvalue weighted by atomic mass is 10.00. The van der Waals surface area contributed by atoms with Crippen LogP contribution in [0.2, 0.25) is 0 Å². The Bertz CT molecular complexity index is 900. The molecule has 1 N–H and O–H groups in total. The highest BCUT2D eigenvalue weighted by Gasteiger charge is 2.31. The van der Waals surface area contributed by atoms with E-state index in [0.29, 0.717) is 18.8 Å². The Labute approximate surface area is 172 Å². The Morgan fingerprint density at radius 3 is 2.40 bits per heavy atom. The molecule has 0 atom stereocenters. The van der Waals surface area contributed by atoms with Gasteiger partial charge in [-0.05, 0) is 48.9 Å². The third-order valence-corrected chi connectivity index (χ3v) is 4.67. The maximum atomic E-state index is 12.6. The molecule has 2 aromatic carbocycles. The SMILES string of the molecule is CN(CC(=O)Nc1ccc(OC(F)(F)F)cc1)CC(=O)N1CCc2ccccc2C1. The van der Waals surface area contributed by atoms with Gasteiger partial charge in [0.05, 0.1) is 13.1 Å². The maximum Gasteiger partial charge on any atom is 0.573 e. The summed E-state index contributed by atoms with van der Waals surface area (Å²) in [7, 11) is 1.66. The number of hydrogen-bond donors (Lipinski definition) is 1. The number of rotatable bonds is 6. The first-order chi connectivity index (χ1) is 14.2. The number of ether oxygens (including phenoxy) is 1. The first-order valence-corrected chi connectivity index (χ1v) is 9.38. The van der Waals surface area contributed by atoms with E-state index in [0.717, 1.165) is 24.1 Å². The number of benzene rings is 2. The van der Waals surface area contributed by atoms with Gasteiger partial charge in [-0.1, -0.05) is 24.3 Å². The fourth-order valence-electron chi connectivity index (χ4n) is 3.28. The smallest absolute Gasteiger partial charge is 0.406 e. The van der Waals surface area contributed by atoms with Gasteiger partial charge in [-0.25, -0.2) is 0 Å². The highest BCUT2D eigenvalue weighted by atomic mass is 19.4. The molecule has 0 spiro atoms. The molecule has 2 aromatic rings. The van der Waals surface area contributed by atoms with Crippen LogP contribution >= 0.6 is 0 Å². The molecule has 3 rings (SSSR count). The molecule has 0 unspecified atom stereocenters. The number of carbonyl (C=O) groups is 2. The van der Waals surface area contributed by atoms with Crippen LogP contribution in [-0.2, 0) is 22.6 Å². The molecule has 160 valence electrons. The zero-order chi connectivity index (χ0) is 21.7. The predicted octanol–water partition coefficient (Wildman–Crippen LogP) is 3.04. The molecule has 1 heterocycles. The van der Waals surface area contributed by atoms with Gasteiger partial charge in [0.15, 0.2) is 0 Å². The first kappa shape index (κ1) is 21.6. The van der Waals surface area contributed by atoms with Crippen molar-refractivity contribution >= 4 is 17.5 Å². The molecule has 0 saturated heterocycles. The van der Waals surface area contributed by atoms with E-state index >= 15 is 0 Å². The molecule has 9 heteroatoms. The standard InChI is InChI=1S/C21H22F3N3O3/c1-26(14-20(29)27-11-10-15-4-2-3-5-16(15)12-27)13-19(28)25-17-6-8-18(9-7-17)30-21(22,23)24/h2-9H,10-14H2,1H3,(H,25,28). The second-order valence-corrected chi connectivity index (χ2v) is 7.13. The molecule has 0 aliphatic carbocycles. The van der Waals surface area contributed by atoms with E-state index in [-0.39, 0.29) is 30.7 Å². The Morgan fingerprint density at radius 2 is 1.73 bits per heavy atom. The number of fused-ring (bicyclic) bond motifs is 1. The van der Waals surface area contributed by atoms with E-state index in [1.54, 1.807) is 16.8 Å². The Morgan fingerprint density at radius 1 is 1.07 bits per heavy atom. The van der Waals surface area contributed by atoms with Gasteiger partial charge in [0, 0.05) is 18.8 Å². The predicted molar refractivity (Wildman–Crippen MR) is 105 cm³/mol. The van der Waals surface area contributed by atoms with Crippen molar-refractivity contribution in [3.8, 4) is 5.75 Å². The van der Waals surface area contributed by atoms with E-state index in [9.17, 15) is 22.8 Å². The van der Waals surface area contributed by atoms with Gasteiger partial charge in [-0.15, -0.1) is 13.2 Å². The van der Waals surface area contributed by atoms with Gasteiger partial charge in [0.1, 0.15) is 5.75 Å². The summed E-state index contributed by atoms with van der Waals surface area (Å²) in [5.74, 6) is -0.807. The van der Waals surface area contributed by atoms with Gasteiger partial charge in [-0.2, -0.15) is 0 Å². The van der Waals surface area contributed by atoms with E-state index in [1.807, 2.05) is 18.2 Å². The molecule has 30 heavy (non-hydrogen) atoms. The van der Waals surface area contributed by atoms with Crippen molar-refractivity contribution in [1.82, 2.24) is 9.80 Å². The van der Waals surface area contributed by atoms with Crippen molar-refractivity contribution < 1.29 is 27.5 Å². The van der Waals surface area contributed by atoms with E-state index < -0.39 is 6.36 Å². The van der Waals surface area contributed by atoms with Crippen LogP contribution in [0.4, 0.5) is 18.9 Å². The minimum atomic E-state index is -4.77. The number of alkyl halides is 3. The largest absolute Gasteiger partial charge is 0.573 e. The molecule has 0 radical (unpaired) electrons. The van der Waals surface area contributed by atoms with Gasteiger partial charge in [0.2, 0.25) is 11.8 Å². The molecule has 0 saturated carbocycles. The topological polar surface area (TPSA) is 61.9 Å². The summed E-state index contributed by atoms with van der Waals surface area (Å²) in [4.78, 5) is 28.1. The van der Waals surface area contributed by atoms with Gasteiger partial charge in [-0.3, -0.25) is 14.5 Å². The average molecular weight is 421 g/mol. The zero-order valence-corrected chi connectivity index (χ0v) is 16.4. The molecule has 1 aliphatic heterocycles. The Balaban J connectivity index is 1.46. The number of anilines is 1. The second-order valence-electron chi connectivity index (χ2n) is 7.13. The maximum absolute atomic E-state index is 12.6. The highest BCUT2D eigenvalue weighted by molar-refractivity contribution is 5.92.